The average Bonchev–Trinajstić information content (AvgIpc) is 2.96. The number of hydrogen-bond acceptors (Lipinski definition) is 2. The Morgan fingerprint density at radius 3 is 2.29 bits per heavy atom. The third kappa shape index (κ3) is 3.17. The number of anilines is 1. The SMILES string of the molecule is C=C(c1ccc(C)cc1)c1ccc2c(c1)C=CC1(O2)N(C)c2ccc(C(F)(F)F)cc2C1(C)C. The van der Waals surface area contributed by atoms with E-state index in [-0.39, 0.29) is 0 Å². The Kier molecular flexibility index (Phi) is 4.77. The lowest BCUT2D eigenvalue weighted by molar-refractivity contribution is -0.137. The molecule has 1 spiro atoms. The maximum Gasteiger partial charge on any atom is 0.416 e. The Morgan fingerprint density at radius 1 is 0.941 bits per heavy atom. The molecule has 5 rings (SSSR count). The van der Waals surface area contributed by atoms with Gasteiger partial charge in [-0.2, -0.15) is 13.2 Å². The van der Waals surface area contributed by atoms with E-state index in [1.54, 1.807) is 0 Å². The third-order valence-corrected chi connectivity index (χ3v) is 7.27. The molecule has 2 heterocycles. The molecule has 3 aromatic carbocycles. The Bertz CT molecular complexity index is 1330. The van der Waals surface area contributed by atoms with Gasteiger partial charge >= 0.3 is 6.18 Å². The molecular weight excluding hydrogens is 435 g/mol. The van der Waals surface area contributed by atoms with Gasteiger partial charge in [-0.25, -0.2) is 0 Å². The van der Waals surface area contributed by atoms with E-state index in [9.17, 15) is 13.2 Å². The molecule has 2 aliphatic rings. The van der Waals surface area contributed by atoms with E-state index in [0.29, 0.717) is 11.3 Å². The summed E-state index contributed by atoms with van der Waals surface area (Å²) < 4.78 is 46.8. The second kappa shape index (κ2) is 7.26. The number of rotatable bonds is 2. The molecule has 2 aliphatic heterocycles. The van der Waals surface area contributed by atoms with Crippen LogP contribution in [0.4, 0.5) is 18.9 Å². The van der Waals surface area contributed by atoms with Crippen molar-refractivity contribution in [3.8, 4) is 5.75 Å². The van der Waals surface area contributed by atoms with Gasteiger partial charge in [0.1, 0.15) is 5.75 Å². The zero-order valence-corrected chi connectivity index (χ0v) is 19.6. The van der Waals surface area contributed by atoms with Crippen LogP contribution in [-0.4, -0.2) is 12.8 Å². The lowest BCUT2D eigenvalue weighted by Crippen LogP contribution is -2.58. The standard InChI is InChI=1S/C29H26F3NO/c1-18-6-8-20(9-7-18)19(2)21-10-13-26-22(16-21)14-15-28(34-26)27(3,4)24-17-23(29(30,31)32)11-12-25(24)33(28)5/h6-17H,2H2,1,3-5H3. The van der Waals surface area contributed by atoms with Crippen LogP contribution in [0.1, 0.15) is 47.2 Å². The molecule has 0 aliphatic carbocycles. The summed E-state index contributed by atoms with van der Waals surface area (Å²) in [6.07, 6.45) is -0.438. The van der Waals surface area contributed by atoms with Crippen molar-refractivity contribution < 1.29 is 17.9 Å². The summed E-state index contributed by atoms with van der Waals surface area (Å²) in [6.45, 7) is 10.2. The van der Waals surface area contributed by atoms with Gasteiger partial charge in [-0.3, -0.25) is 0 Å². The van der Waals surface area contributed by atoms with Crippen molar-refractivity contribution in [2.24, 2.45) is 0 Å². The van der Waals surface area contributed by atoms with Gasteiger partial charge in [-0.05, 0) is 85.5 Å². The van der Waals surface area contributed by atoms with E-state index in [0.717, 1.165) is 34.0 Å². The van der Waals surface area contributed by atoms with Gasteiger partial charge < -0.3 is 9.64 Å². The van der Waals surface area contributed by atoms with Gasteiger partial charge in [0, 0.05) is 18.3 Å². The average molecular weight is 462 g/mol. The monoisotopic (exact) mass is 461 g/mol. The third-order valence-electron chi connectivity index (χ3n) is 7.27. The molecule has 0 saturated heterocycles. The minimum absolute atomic E-state index is 0.613. The molecule has 5 heteroatoms. The lowest BCUT2D eigenvalue weighted by Gasteiger charge is -2.45. The fourth-order valence-corrected chi connectivity index (χ4v) is 5.10. The fourth-order valence-electron chi connectivity index (χ4n) is 5.10. The number of hydrogen-bond donors (Lipinski definition) is 0. The van der Waals surface area contributed by atoms with Crippen molar-refractivity contribution >= 4 is 17.3 Å². The van der Waals surface area contributed by atoms with Crippen molar-refractivity contribution in [2.75, 3.05) is 11.9 Å². The van der Waals surface area contributed by atoms with Gasteiger partial charge in [-0.1, -0.05) is 42.5 Å². The first-order chi connectivity index (χ1) is 15.9. The lowest BCUT2D eigenvalue weighted by atomic mass is 9.76. The van der Waals surface area contributed by atoms with Gasteiger partial charge in [-0.15, -0.1) is 0 Å². The minimum atomic E-state index is -4.40. The topological polar surface area (TPSA) is 12.5 Å². The molecule has 0 bridgehead atoms. The number of ether oxygens (including phenoxy) is 1. The normalized spacial score (nSPS) is 20.1. The van der Waals surface area contributed by atoms with Crippen LogP contribution in [0, 0.1) is 6.92 Å². The Balaban J connectivity index is 1.52. The predicted molar refractivity (Wildman–Crippen MR) is 131 cm³/mol. The number of fused-ring (bicyclic) bond motifs is 2. The zero-order chi connectivity index (χ0) is 24.5. The van der Waals surface area contributed by atoms with Crippen LogP contribution in [0.2, 0.25) is 0 Å². The van der Waals surface area contributed by atoms with E-state index in [2.05, 4.69) is 30.8 Å². The summed E-state index contributed by atoms with van der Waals surface area (Å²) in [5.74, 6) is 0.687. The van der Waals surface area contributed by atoms with Crippen molar-refractivity contribution in [3.63, 3.8) is 0 Å². The Morgan fingerprint density at radius 2 is 1.62 bits per heavy atom. The summed E-state index contributed by atoms with van der Waals surface area (Å²) in [5.41, 5.74) is 4.09. The van der Waals surface area contributed by atoms with Crippen molar-refractivity contribution in [3.05, 3.63) is 107 Å². The van der Waals surface area contributed by atoms with E-state index in [1.807, 2.05) is 63.1 Å². The molecular formula is C29H26F3NO. The number of nitrogens with zero attached hydrogens (tertiary/aromatic N) is 1. The highest BCUT2D eigenvalue weighted by Gasteiger charge is 2.58. The quantitative estimate of drug-likeness (QED) is 0.390. The second-order valence-corrected chi connectivity index (χ2v) is 9.64. The minimum Gasteiger partial charge on any atom is -0.463 e. The Labute approximate surface area is 198 Å². The van der Waals surface area contributed by atoms with E-state index >= 15 is 0 Å². The van der Waals surface area contributed by atoms with E-state index in [4.69, 9.17) is 4.74 Å². The number of likely N-dealkylation sites (N-methyl/N-ethyl adjacent to an activating group) is 1. The summed E-state index contributed by atoms with van der Waals surface area (Å²) in [4.78, 5) is 1.93. The molecule has 0 saturated carbocycles. The fraction of sp³-hybridized carbons (Fsp3) is 0.241. The molecule has 0 radical (unpaired) electrons. The summed E-state index contributed by atoms with van der Waals surface area (Å²) in [5, 5.41) is 0. The number of benzene rings is 3. The first-order valence-electron chi connectivity index (χ1n) is 11.2. The zero-order valence-electron chi connectivity index (χ0n) is 19.6. The smallest absolute Gasteiger partial charge is 0.416 e. The highest BCUT2D eigenvalue weighted by Crippen LogP contribution is 2.55. The van der Waals surface area contributed by atoms with Crippen molar-refractivity contribution in [2.45, 2.75) is 38.1 Å². The summed E-state index contributed by atoms with van der Waals surface area (Å²) >= 11 is 0. The van der Waals surface area contributed by atoms with Gasteiger partial charge in [0.05, 0.1) is 11.0 Å². The molecule has 1 unspecified atom stereocenters. The van der Waals surface area contributed by atoms with Crippen LogP contribution in [0.25, 0.3) is 11.6 Å². The molecule has 34 heavy (non-hydrogen) atoms. The maximum absolute atomic E-state index is 13.4. The second-order valence-electron chi connectivity index (χ2n) is 9.64. The number of alkyl halides is 3. The van der Waals surface area contributed by atoms with Gasteiger partial charge in [0.2, 0.25) is 5.72 Å². The molecule has 2 nitrogen and oxygen atoms in total. The molecule has 0 N–H and O–H groups in total. The highest BCUT2D eigenvalue weighted by atomic mass is 19.4. The number of aryl methyl sites for hydroxylation is 1. The van der Waals surface area contributed by atoms with Crippen LogP contribution in [0.5, 0.6) is 5.75 Å². The van der Waals surface area contributed by atoms with E-state index < -0.39 is 22.9 Å². The molecule has 3 aromatic rings. The number of halogens is 3. The molecule has 174 valence electrons. The van der Waals surface area contributed by atoms with Gasteiger partial charge in [0.25, 0.3) is 0 Å². The molecule has 0 fully saturated rings. The molecule has 1 atom stereocenters. The van der Waals surface area contributed by atoms with Crippen molar-refractivity contribution in [1.82, 2.24) is 0 Å². The van der Waals surface area contributed by atoms with Crippen LogP contribution >= 0.6 is 0 Å². The Hall–Kier alpha value is -3.47. The molecule has 0 amide bonds. The predicted octanol–water partition coefficient (Wildman–Crippen LogP) is 7.60. The van der Waals surface area contributed by atoms with Crippen molar-refractivity contribution in [1.29, 1.82) is 0 Å². The van der Waals surface area contributed by atoms with Crippen LogP contribution in [0.15, 0.2) is 73.3 Å². The molecule has 0 aromatic heterocycles. The van der Waals surface area contributed by atoms with Crippen LogP contribution in [-0.2, 0) is 11.6 Å². The van der Waals surface area contributed by atoms with E-state index in [1.165, 1.54) is 17.7 Å². The maximum atomic E-state index is 13.4. The van der Waals surface area contributed by atoms with Crippen LogP contribution < -0.4 is 9.64 Å². The first-order valence-corrected chi connectivity index (χ1v) is 11.2. The summed E-state index contributed by atoms with van der Waals surface area (Å²) in [7, 11) is 1.86. The van der Waals surface area contributed by atoms with Crippen LogP contribution in [0.3, 0.4) is 0 Å². The highest BCUT2D eigenvalue weighted by molar-refractivity contribution is 5.81. The van der Waals surface area contributed by atoms with Gasteiger partial charge in [0.15, 0.2) is 0 Å². The largest absolute Gasteiger partial charge is 0.463 e. The first kappa shape index (κ1) is 22.3. The summed E-state index contributed by atoms with van der Waals surface area (Å²) in [6, 6.07) is 18.1.